The number of halogens is 1. The molecule has 1 saturated carbocycles. The van der Waals surface area contributed by atoms with Crippen LogP contribution in [0.25, 0.3) is 5.00 Å². The molecule has 0 unspecified atom stereocenters. The lowest BCUT2D eigenvalue weighted by atomic mass is 9.64. The van der Waals surface area contributed by atoms with Gasteiger partial charge in [0.25, 0.3) is 5.91 Å². The molecular formula is C21H22FN5O2S. The van der Waals surface area contributed by atoms with Gasteiger partial charge in [-0.05, 0) is 55.9 Å². The van der Waals surface area contributed by atoms with Crippen LogP contribution in [0.3, 0.4) is 0 Å². The first-order chi connectivity index (χ1) is 14.5. The first-order valence-corrected chi connectivity index (χ1v) is 10.9. The van der Waals surface area contributed by atoms with E-state index in [0.717, 1.165) is 17.8 Å². The van der Waals surface area contributed by atoms with E-state index in [4.69, 9.17) is 4.74 Å². The average Bonchev–Trinajstić information content (AvgIpc) is 3.35. The normalized spacial score (nSPS) is 25.1. The summed E-state index contributed by atoms with van der Waals surface area (Å²) in [5.74, 6) is 1.11. The van der Waals surface area contributed by atoms with Crippen LogP contribution in [0.2, 0.25) is 0 Å². The second-order valence-corrected chi connectivity index (χ2v) is 9.18. The number of hydrogen-bond acceptors (Lipinski definition) is 6. The van der Waals surface area contributed by atoms with Gasteiger partial charge in [0.1, 0.15) is 18.2 Å². The highest BCUT2D eigenvalue weighted by molar-refractivity contribution is 7.14. The van der Waals surface area contributed by atoms with E-state index in [-0.39, 0.29) is 23.8 Å². The highest BCUT2D eigenvalue weighted by Crippen LogP contribution is 2.47. The van der Waals surface area contributed by atoms with Crippen LogP contribution in [0.15, 0.2) is 36.7 Å². The maximum atomic E-state index is 13.7. The van der Waals surface area contributed by atoms with Gasteiger partial charge in [-0.15, -0.1) is 4.80 Å². The molecule has 30 heavy (non-hydrogen) atoms. The Morgan fingerprint density at radius 3 is 2.63 bits per heavy atom. The number of piperidine rings is 2. The highest BCUT2D eigenvalue weighted by Gasteiger charge is 2.51. The van der Waals surface area contributed by atoms with Gasteiger partial charge in [-0.2, -0.15) is 10.2 Å². The molecule has 2 aromatic heterocycles. The quantitative estimate of drug-likeness (QED) is 0.623. The summed E-state index contributed by atoms with van der Waals surface area (Å²) in [5.41, 5.74) is 0.387. The van der Waals surface area contributed by atoms with Crippen molar-refractivity contribution in [3.05, 3.63) is 53.2 Å². The fourth-order valence-electron chi connectivity index (χ4n) is 4.52. The van der Waals surface area contributed by atoms with Crippen molar-refractivity contribution in [1.82, 2.24) is 24.9 Å². The number of thiazole rings is 1. The molecule has 1 aliphatic carbocycles. The number of benzene rings is 1. The van der Waals surface area contributed by atoms with Gasteiger partial charge in [0.05, 0.1) is 23.4 Å². The molecule has 4 heterocycles. The molecule has 0 N–H and O–H groups in total. The lowest BCUT2D eigenvalue weighted by Gasteiger charge is -2.56. The number of aryl methyl sites for hydroxylation is 1. The number of carbonyl (C=O) groups is 1. The van der Waals surface area contributed by atoms with Crippen LogP contribution in [0.4, 0.5) is 4.39 Å². The lowest BCUT2D eigenvalue weighted by molar-refractivity contribution is -0.0673. The van der Waals surface area contributed by atoms with Gasteiger partial charge < -0.3 is 9.64 Å². The number of rotatable bonds is 5. The van der Waals surface area contributed by atoms with E-state index in [0.29, 0.717) is 34.9 Å². The summed E-state index contributed by atoms with van der Waals surface area (Å²) in [5, 5.41) is 9.79. The Morgan fingerprint density at radius 2 is 1.93 bits per heavy atom. The molecule has 6 rings (SSSR count). The molecule has 2 bridgehead atoms. The SMILES string of the molecule is Cc1nc(C(=O)N2C3CC(C3)[C@@H](C)[C@H]2COc2ccc(F)cc2)c(-n2nccn2)s1. The van der Waals surface area contributed by atoms with Gasteiger partial charge >= 0.3 is 0 Å². The molecule has 2 saturated heterocycles. The summed E-state index contributed by atoms with van der Waals surface area (Å²) < 4.78 is 19.1. The van der Waals surface area contributed by atoms with Crippen LogP contribution in [0.5, 0.6) is 5.75 Å². The lowest BCUT2D eigenvalue weighted by Crippen LogP contribution is -2.64. The van der Waals surface area contributed by atoms with E-state index in [2.05, 4.69) is 22.1 Å². The van der Waals surface area contributed by atoms with Gasteiger partial charge in [-0.25, -0.2) is 9.37 Å². The molecular weight excluding hydrogens is 405 g/mol. The largest absolute Gasteiger partial charge is 0.491 e. The minimum atomic E-state index is -0.301. The maximum absolute atomic E-state index is 13.7. The van der Waals surface area contributed by atoms with Crippen molar-refractivity contribution in [1.29, 1.82) is 0 Å². The zero-order valence-electron chi connectivity index (χ0n) is 16.7. The summed E-state index contributed by atoms with van der Waals surface area (Å²) in [4.78, 5) is 21.6. The summed E-state index contributed by atoms with van der Waals surface area (Å²) in [6, 6.07) is 6.10. The number of ether oxygens (including phenoxy) is 1. The Hall–Kier alpha value is -2.81. The second-order valence-electron chi connectivity index (χ2n) is 7.99. The maximum Gasteiger partial charge on any atom is 0.276 e. The van der Waals surface area contributed by atoms with Crippen molar-refractivity contribution in [3.63, 3.8) is 0 Å². The van der Waals surface area contributed by atoms with Crippen LogP contribution in [0.1, 0.15) is 35.3 Å². The summed E-state index contributed by atoms with van der Waals surface area (Å²) >= 11 is 1.40. The van der Waals surface area contributed by atoms with Crippen molar-refractivity contribution in [2.45, 2.75) is 38.8 Å². The standard InChI is InChI=1S/C21H22FN5O2S/c1-12-14-9-16(10-14)26(18(12)11-29-17-5-3-15(22)4-6-17)20(28)19-21(30-13(2)25-19)27-23-7-8-24-27/h3-8,12,14,16,18H,9-11H2,1-2H3/t12-,14?,16?,18-/m1/s1. The molecule has 2 aliphatic heterocycles. The first-order valence-electron chi connectivity index (χ1n) is 10.1. The van der Waals surface area contributed by atoms with Gasteiger partial charge in [0, 0.05) is 6.04 Å². The monoisotopic (exact) mass is 427 g/mol. The zero-order valence-corrected chi connectivity index (χ0v) is 17.6. The number of amides is 1. The van der Waals surface area contributed by atoms with Crippen molar-refractivity contribution in [3.8, 4) is 10.8 Å². The molecule has 3 aromatic rings. The van der Waals surface area contributed by atoms with Crippen LogP contribution >= 0.6 is 11.3 Å². The number of fused-ring (bicyclic) bond motifs is 2. The van der Waals surface area contributed by atoms with E-state index in [1.807, 2.05) is 11.8 Å². The average molecular weight is 428 g/mol. The molecule has 3 fully saturated rings. The number of carbonyl (C=O) groups excluding carboxylic acids is 1. The molecule has 0 spiro atoms. The number of aromatic nitrogens is 4. The minimum absolute atomic E-state index is 0.0690. The van der Waals surface area contributed by atoms with Crippen LogP contribution in [-0.4, -0.2) is 49.5 Å². The Bertz CT molecular complexity index is 1050. The third-order valence-corrected chi connectivity index (χ3v) is 7.18. The first kappa shape index (κ1) is 19.2. The Balaban J connectivity index is 1.42. The molecule has 9 heteroatoms. The van der Waals surface area contributed by atoms with E-state index in [1.54, 1.807) is 24.5 Å². The van der Waals surface area contributed by atoms with Crippen LogP contribution in [0, 0.1) is 24.6 Å². The molecule has 3 aliphatic rings. The van der Waals surface area contributed by atoms with Crippen molar-refractivity contribution < 1.29 is 13.9 Å². The van der Waals surface area contributed by atoms with Gasteiger partial charge in [-0.1, -0.05) is 18.3 Å². The predicted molar refractivity (Wildman–Crippen MR) is 109 cm³/mol. The predicted octanol–water partition coefficient (Wildman–Crippen LogP) is 3.49. The van der Waals surface area contributed by atoms with Crippen molar-refractivity contribution >= 4 is 17.2 Å². The van der Waals surface area contributed by atoms with E-state index >= 15 is 0 Å². The summed E-state index contributed by atoms with van der Waals surface area (Å²) in [6.07, 6.45) is 5.20. The molecule has 156 valence electrons. The Kier molecular flexibility index (Phi) is 4.77. The number of hydrogen-bond donors (Lipinski definition) is 0. The number of nitrogens with zero attached hydrogens (tertiary/aromatic N) is 5. The second kappa shape index (κ2) is 7.46. The molecule has 1 aromatic carbocycles. The fraction of sp³-hybridized carbons (Fsp3) is 0.429. The molecule has 1 amide bonds. The fourth-order valence-corrected chi connectivity index (χ4v) is 5.34. The van der Waals surface area contributed by atoms with Gasteiger partial charge in [0.2, 0.25) is 0 Å². The van der Waals surface area contributed by atoms with E-state index < -0.39 is 0 Å². The smallest absolute Gasteiger partial charge is 0.276 e. The van der Waals surface area contributed by atoms with Crippen molar-refractivity contribution in [2.24, 2.45) is 11.8 Å². The van der Waals surface area contributed by atoms with E-state index in [9.17, 15) is 9.18 Å². The zero-order chi connectivity index (χ0) is 20.8. The van der Waals surface area contributed by atoms with Crippen molar-refractivity contribution in [2.75, 3.05) is 6.61 Å². The third kappa shape index (κ3) is 3.27. The Morgan fingerprint density at radius 1 is 1.23 bits per heavy atom. The van der Waals surface area contributed by atoms with Gasteiger partial charge in [-0.3, -0.25) is 4.79 Å². The third-order valence-electron chi connectivity index (χ3n) is 6.24. The Labute approximate surface area is 177 Å². The molecule has 0 radical (unpaired) electrons. The molecule has 2 atom stereocenters. The van der Waals surface area contributed by atoms with Gasteiger partial charge in [0.15, 0.2) is 10.7 Å². The molecule has 7 nitrogen and oxygen atoms in total. The summed E-state index contributed by atoms with van der Waals surface area (Å²) in [7, 11) is 0. The van der Waals surface area contributed by atoms with Crippen LogP contribution < -0.4 is 4.74 Å². The summed E-state index contributed by atoms with van der Waals surface area (Å²) in [6.45, 7) is 4.42. The minimum Gasteiger partial charge on any atom is -0.491 e. The van der Waals surface area contributed by atoms with E-state index in [1.165, 1.54) is 28.3 Å². The topological polar surface area (TPSA) is 73.1 Å². The highest BCUT2D eigenvalue weighted by atomic mass is 32.1. The van der Waals surface area contributed by atoms with Crippen LogP contribution in [-0.2, 0) is 0 Å².